The molecular formula is C26H28F2N6O2. The maximum atomic E-state index is 15.1. The zero-order valence-electron chi connectivity index (χ0n) is 20.2. The van der Waals surface area contributed by atoms with Gasteiger partial charge in [-0.05, 0) is 57.5 Å². The third kappa shape index (κ3) is 4.81. The van der Waals surface area contributed by atoms with Crippen LogP contribution >= 0.6 is 0 Å². The van der Waals surface area contributed by atoms with Crippen LogP contribution in [0.4, 0.5) is 31.7 Å². The number of halogens is 2. The number of carbonyl (C=O) groups is 1. The van der Waals surface area contributed by atoms with Crippen LogP contribution in [-0.4, -0.2) is 48.0 Å². The molecule has 5 rings (SSSR count). The van der Waals surface area contributed by atoms with Crippen LogP contribution in [0.5, 0.6) is 11.6 Å². The summed E-state index contributed by atoms with van der Waals surface area (Å²) < 4.78 is 35.4. The van der Waals surface area contributed by atoms with E-state index in [9.17, 15) is 9.18 Å². The van der Waals surface area contributed by atoms with Gasteiger partial charge in [-0.25, -0.2) is 18.7 Å². The van der Waals surface area contributed by atoms with Crippen LogP contribution in [0.1, 0.15) is 36.2 Å². The fourth-order valence-electron chi connectivity index (χ4n) is 4.64. The highest BCUT2D eigenvalue weighted by Crippen LogP contribution is 2.38. The summed E-state index contributed by atoms with van der Waals surface area (Å²) in [7, 11) is 0. The van der Waals surface area contributed by atoms with Crippen molar-refractivity contribution < 1.29 is 18.3 Å². The zero-order chi connectivity index (χ0) is 25.2. The summed E-state index contributed by atoms with van der Waals surface area (Å²) in [5.41, 5.74) is 2.24. The number of ether oxygens (including phenoxy) is 1. The number of aromatic nitrogens is 2. The summed E-state index contributed by atoms with van der Waals surface area (Å²) in [4.78, 5) is 23.1. The van der Waals surface area contributed by atoms with E-state index in [0.29, 0.717) is 12.1 Å². The molecule has 2 aliphatic heterocycles. The minimum Gasteiger partial charge on any atom is -0.435 e. The van der Waals surface area contributed by atoms with Crippen molar-refractivity contribution in [3.63, 3.8) is 0 Å². The van der Waals surface area contributed by atoms with Crippen molar-refractivity contribution in [2.45, 2.75) is 32.7 Å². The fourth-order valence-corrected chi connectivity index (χ4v) is 4.64. The minimum absolute atomic E-state index is 0.0481. The third-order valence-corrected chi connectivity index (χ3v) is 6.39. The quantitative estimate of drug-likeness (QED) is 0.427. The molecule has 0 spiro atoms. The lowest BCUT2D eigenvalue weighted by molar-refractivity contribution is 0.101. The Kier molecular flexibility index (Phi) is 6.69. The number of Topliss-reactive ketones (excluding diaryl/α,β-unsaturated/α-hetero) is 1. The summed E-state index contributed by atoms with van der Waals surface area (Å²) in [5.74, 6) is -1.93. The molecule has 3 heterocycles. The maximum absolute atomic E-state index is 15.1. The van der Waals surface area contributed by atoms with E-state index in [1.54, 1.807) is 0 Å². The molecule has 0 bridgehead atoms. The first kappa shape index (κ1) is 23.9. The van der Waals surface area contributed by atoms with Gasteiger partial charge in [0, 0.05) is 48.7 Å². The number of rotatable bonds is 6. The topological polar surface area (TPSA) is 91.4 Å². The second-order valence-corrected chi connectivity index (χ2v) is 9.10. The van der Waals surface area contributed by atoms with Crippen LogP contribution in [0, 0.1) is 11.6 Å². The lowest BCUT2D eigenvalue weighted by Gasteiger charge is -2.22. The molecule has 1 fully saturated rings. The number of fused-ring (bicyclic) bond motifs is 1. The van der Waals surface area contributed by atoms with Gasteiger partial charge in [-0.3, -0.25) is 4.79 Å². The van der Waals surface area contributed by atoms with E-state index in [1.165, 1.54) is 13.3 Å². The van der Waals surface area contributed by atoms with Crippen molar-refractivity contribution >= 4 is 28.7 Å². The molecular weight excluding hydrogens is 466 g/mol. The molecule has 0 amide bonds. The standard InChI is InChI=1S/C26H28F2N6O2/c1-15-12-19-23(28)21(13-20(27)24(19)32-15)36-26-22(16(2)35)25(30-14-31-26)33-17-4-6-18(7-5-17)34-10-3-8-29-9-11-34/h4-7,13-15,29,32H,3,8-12H2,1-2H3,(H,30,31,33). The predicted molar refractivity (Wildman–Crippen MR) is 135 cm³/mol. The molecule has 0 aliphatic carbocycles. The summed E-state index contributed by atoms with van der Waals surface area (Å²) in [6.07, 6.45) is 2.62. The van der Waals surface area contributed by atoms with Gasteiger partial charge in [0.05, 0.1) is 5.69 Å². The monoisotopic (exact) mass is 494 g/mol. The molecule has 1 aromatic heterocycles. The molecule has 3 aromatic rings. The lowest BCUT2D eigenvalue weighted by atomic mass is 10.1. The molecule has 2 aliphatic rings. The second kappa shape index (κ2) is 10.1. The highest BCUT2D eigenvalue weighted by molar-refractivity contribution is 6.01. The van der Waals surface area contributed by atoms with E-state index in [2.05, 4.69) is 30.8 Å². The second-order valence-electron chi connectivity index (χ2n) is 9.10. The van der Waals surface area contributed by atoms with E-state index in [0.717, 1.165) is 44.4 Å². The number of carbonyl (C=O) groups excluding carboxylic acids is 1. The molecule has 0 saturated carbocycles. The highest BCUT2D eigenvalue weighted by atomic mass is 19.1. The van der Waals surface area contributed by atoms with Gasteiger partial charge < -0.3 is 25.6 Å². The Morgan fingerprint density at radius 1 is 1.17 bits per heavy atom. The third-order valence-electron chi connectivity index (χ3n) is 6.39. The van der Waals surface area contributed by atoms with Crippen molar-refractivity contribution in [2.75, 3.05) is 41.7 Å². The van der Waals surface area contributed by atoms with Gasteiger partial charge in [-0.1, -0.05) is 0 Å². The number of anilines is 4. The predicted octanol–water partition coefficient (Wildman–Crippen LogP) is 4.65. The average Bonchev–Trinajstić information content (AvgIpc) is 3.07. The molecule has 3 N–H and O–H groups in total. The number of ketones is 1. The van der Waals surface area contributed by atoms with Gasteiger partial charge in [-0.15, -0.1) is 0 Å². The van der Waals surface area contributed by atoms with E-state index < -0.39 is 11.6 Å². The van der Waals surface area contributed by atoms with E-state index in [4.69, 9.17) is 4.74 Å². The van der Waals surface area contributed by atoms with E-state index in [1.807, 2.05) is 31.2 Å². The Bertz CT molecular complexity index is 1280. The lowest BCUT2D eigenvalue weighted by Crippen LogP contribution is -2.27. The van der Waals surface area contributed by atoms with Gasteiger partial charge in [0.2, 0.25) is 5.88 Å². The van der Waals surface area contributed by atoms with Gasteiger partial charge in [0.25, 0.3) is 0 Å². The molecule has 1 saturated heterocycles. The largest absolute Gasteiger partial charge is 0.435 e. The molecule has 8 nitrogen and oxygen atoms in total. The number of hydrogen-bond acceptors (Lipinski definition) is 8. The highest BCUT2D eigenvalue weighted by Gasteiger charge is 2.28. The van der Waals surface area contributed by atoms with Crippen LogP contribution < -0.4 is 25.6 Å². The first-order valence-electron chi connectivity index (χ1n) is 12.0. The Morgan fingerprint density at radius 3 is 2.75 bits per heavy atom. The van der Waals surface area contributed by atoms with Gasteiger partial charge in [0.15, 0.2) is 23.2 Å². The summed E-state index contributed by atoms with van der Waals surface area (Å²) in [5, 5.41) is 9.45. The minimum atomic E-state index is -0.676. The molecule has 1 unspecified atom stereocenters. The molecule has 0 radical (unpaired) electrons. The Balaban J connectivity index is 1.40. The van der Waals surface area contributed by atoms with Crippen LogP contribution in [-0.2, 0) is 6.42 Å². The maximum Gasteiger partial charge on any atom is 0.235 e. The van der Waals surface area contributed by atoms with Gasteiger partial charge in [-0.2, -0.15) is 0 Å². The fraction of sp³-hybridized carbons (Fsp3) is 0.346. The van der Waals surface area contributed by atoms with Crippen LogP contribution in [0.15, 0.2) is 36.7 Å². The van der Waals surface area contributed by atoms with Crippen LogP contribution in [0.3, 0.4) is 0 Å². The normalized spacial score (nSPS) is 17.2. The summed E-state index contributed by atoms with van der Waals surface area (Å²) in [6.45, 7) is 7.06. The molecule has 10 heteroatoms. The SMILES string of the molecule is CC(=O)c1c(Nc2ccc(N3CCCNCC3)cc2)ncnc1Oc1cc(F)c2c(c1F)CC(C)N2. The molecule has 36 heavy (non-hydrogen) atoms. The zero-order valence-corrected chi connectivity index (χ0v) is 20.2. The molecule has 188 valence electrons. The van der Waals surface area contributed by atoms with E-state index in [-0.39, 0.29) is 46.1 Å². The molecule has 2 aromatic carbocycles. The number of nitrogens with one attached hydrogen (secondary N) is 3. The van der Waals surface area contributed by atoms with Crippen LogP contribution in [0.25, 0.3) is 0 Å². The number of benzene rings is 2. The Hall–Kier alpha value is -3.79. The molecule has 1 atom stereocenters. The van der Waals surface area contributed by atoms with Gasteiger partial charge >= 0.3 is 0 Å². The van der Waals surface area contributed by atoms with Crippen LogP contribution in [0.2, 0.25) is 0 Å². The Labute approximate surface area is 208 Å². The van der Waals surface area contributed by atoms with Crippen molar-refractivity contribution in [2.24, 2.45) is 0 Å². The first-order valence-corrected chi connectivity index (χ1v) is 12.0. The Morgan fingerprint density at radius 2 is 1.97 bits per heavy atom. The smallest absolute Gasteiger partial charge is 0.235 e. The summed E-state index contributed by atoms with van der Waals surface area (Å²) >= 11 is 0. The summed E-state index contributed by atoms with van der Waals surface area (Å²) in [6, 6.07) is 8.71. The van der Waals surface area contributed by atoms with Crippen molar-refractivity contribution in [1.82, 2.24) is 15.3 Å². The van der Waals surface area contributed by atoms with Crippen molar-refractivity contribution in [3.05, 3.63) is 59.4 Å². The number of hydrogen-bond donors (Lipinski definition) is 3. The first-order chi connectivity index (χ1) is 17.4. The van der Waals surface area contributed by atoms with Crippen molar-refractivity contribution in [1.29, 1.82) is 0 Å². The van der Waals surface area contributed by atoms with Gasteiger partial charge in [0.1, 0.15) is 17.7 Å². The van der Waals surface area contributed by atoms with E-state index >= 15 is 4.39 Å². The van der Waals surface area contributed by atoms with Crippen molar-refractivity contribution in [3.8, 4) is 11.6 Å². The number of nitrogens with zero attached hydrogens (tertiary/aromatic N) is 3. The average molecular weight is 495 g/mol.